The molecule has 1 aliphatic heterocycles. The van der Waals surface area contributed by atoms with E-state index in [1.807, 2.05) is 4.90 Å². The molecule has 1 saturated heterocycles. The molecule has 1 atom stereocenters. The van der Waals surface area contributed by atoms with E-state index in [9.17, 15) is 4.79 Å². The van der Waals surface area contributed by atoms with Gasteiger partial charge in [-0.3, -0.25) is 4.79 Å². The summed E-state index contributed by atoms with van der Waals surface area (Å²) in [5.74, 6) is 0.956. The van der Waals surface area contributed by atoms with E-state index in [1.54, 1.807) is 6.07 Å². The van der Waals surface area contributed by atoms with Gasteiger partial charge in [-0.15, -0.1) is 22.9 Å². The maximum Gasteiger partial charge on any atom is 0.256 e. The minimum atomic E-state index is -0.0343. The first-order valence-corrected chi connectivity index (χ1v) is 7.52. The van der Waals surface area contributed by atoms with Gasteiger partial charge >= 0.3 is 0 Å². The number of carbonyl (C=O) groups is 1. The number of carbonyl (C=O) groups excluding carboxylic acids is 1. The molecule has 0 aliphatic carbocycles. The lowest BCUT2D eigenvalue weighted by Gasteiger charge is -2.31. The van der Waals surface area contributed by atoms with E-state index in [2.05, 4.69) is 0 Å². The van der Waals surface area contributed by atoms with Gasteiger partial charge in [0.15, 0.2) is 0 Å². The Balaban J connectivity index is 2.12. The summed E-state index contributed by atoms with van der Waals surface area (Å²) in [5, 5.41) is 0. The van der Waals surface area contributed by atoms with Crippen molar-refractivity contribution in [1.82, 2.24) is 4.90 Å². The number of rotatable bonds is 2. The summed E-state index contributed by atoms with van der Waals surface area (Å²) in [7, 11) is 0. The minimum Gasteiger partial charge on any atom is -0.338 e. The molecule has 94 valence electrons. The molecule has 0 N–H and O–H groups in total. The fourth-order valence-corrected chi connectivity index (χ4v) is 3.73. The molecule has 17 heavy (non-hydrogen) atoms. The fraction of sp³-hybridized carbons (Fsp3) is 0.545. The van der Waals surface area contributed by atoms with E-state index in [-0.39, 0.29) is 5.91 Å². The van der Waals surface area contributed by atoms with Crippen molar-refractivity contribution in [3.63, 3.8) is 0 Å². The number of hydrogen-bond donors (Lipinski definition) is 0. The summed E-state index contributed by atoms with van der Waals surface area (Å²) < 4.78 is 1.01. The van der Waals surface area contributed by atoms with Crippen molar-refractivity contribution in [3.8, 4) is 0 Å². The van der Waals surface area contributed by atoms with Gasteiger partial charge < -0.3 is 4.90 Å². The minimum absolute atomic E-state index is 0.0343. The normalized spacial score (nSPS) is 20.6. The van der Waals surface area contributed by atoms with E-state index in [1.165, 1.54) is 11.3 Å². The van der Waals surface area contributed by atoms with Crippen LogP contribution >= 0.6 is 46.1 Å². The number of piperidine rings is 1. The van der Waals surface area contributed by atoms with Crippen LogP contribution in [0.25, 0.3) is 0 Å². The number of likely N-dealkylation sites (tertiary alicyclic amines) is 1. The molecule has 1 aromatic rings. The van der Waals surface area contributed by atoms with Gasteiger partial charge in [-0.05, 0) is 24.8 Å². The van der Waals surface area contributed by atoms with Crippen LogP contribution in [0.1, 0.15) is 23.2 Å². The Kier molecular flexibility index (Phi) is 4.59. The number of hydrogen-bond acceptors (Lipinski definition) is 2. The molecule has 1 aromatic heterocycles. The second-order valence-corrected chi connectivity index (χ2v) is 6.75. The Morgan fingerprint density at radius 1 is 1.53 bits per heavy atom. The highest BCUT2D eigenvalue weighted by Gasteiger charge is 2.26. The molecule has 2 heterocycles. The lowest BCUT2D eigenvalue weighted by Crippen LogP contribution is -2.40. The molecular formula is C11H12Cl3NOS. The third-order valence-corrected chi connectivity index (χ3v) is 4.84. The molecular weight excluding hydrogens is 301 g/mol. The van der Waals surface area contributed by atoms with Crippen molar-refractivity contribution in [2.24, 2.45) is 5.92 Å². The topological polar surface area (TPSA) is 20.3 Å². The van der Waals surface area contributed by atoms with Crippen LogP contribution < -0.4 is 0 Å². The van der Waals surface area contributed by atoms with Gasteiger partial charge in [0.25, 0.3) is 5.91 Å². The number of alkyl halides is 1. The summed E-state index contributed by atoms with van der Waals surface area (Å²) in [4.78, 5) is 14.1. The van der Waals surface area contributed by atoms with Gasteiger partial charge in [-0.25, -0.2) is 0 Å². The van der Waals surface area contributed by atoms with E-state index in [0.717, 1.165) is 19.4 Å². The van der Waals surface area contributed by atoms with Crippen molar-refractivity contribution in [2.75, 3.05) is 19.0 Å². The third kappa shape index (κ3) is 3.08. The van der Waals surface area contributed by atoms with Crippen molar-refractivity contribution in [1.29, 1.82) is 0 Å². The largest absolute Gasteiger partial charge is 0.338 e. The third-order valence-electron chi connectivity index (χ3n) is 2.91. The van der Waals surface area contributed by atoms with Crippen LogP contribution in [0, 0.1) is 5.92 Å². The summed E-state index contributed by atoms with van der Waals surface area (Å²) in [6.07, 6.45) is 2.09. The van der Waals surface area contributed by atoms with Crippen molar-refractivity contribution >= 4 is 52.0 Å². The van der Waals surface area contributed by atoms with Gasteiger partial charge in [0.1, 0.15) is 4.34 Å². The van der Waals surface area contributed by atoms with Crippen LogP contribution in [-0.2, 0) is 0 Å². The molecule has 2 rings (SSSR count). The predicted molar refractivity (Wildman–Crippen MR) is 73.7 cm³/mol. The maximum absolute atomic E-state index is 12.2. The monoisotopic (exact) mass is 311 g/mol. The molecule has 0 bridgehead atoms. The van der Waals surface area contributed by atoms with Crippen LogP contribution in [0.5, 0.6) is 0 Å². The molecule has 1 aliphatic rings. The van der Waals surface area contributed by atoms with E-state index in [4.69, 9.17) is 34.8 Å². The Bertz CT molecular complexity index is 421. The second-order valence-electron chi connectivity index (χ2n) is 4.15. The molecule has 0 saturated carbocycles. The lowest BCUT2D eigenvalue weighted by atomic mass is 9.99. The van der Waals surface area contributed by atoms with Crippen LogP contribution in [-0.4, -0.2) is 29.8 Å². The number of halogens is 3. The SMILES string of the molecule is O=C(c1cc(Cl)sc1Cl)N1CCCC(CCl)C1. The van der Waals surface area contributed by atoms with Crippen LogP contribution in [0.15, 0.2) is 6.07 Å². The predicted octanol–water partition coefficient (Wildman–Crippen LogP) is 4.15. The number of thiophene rings is 1. The van der Waals surface area contributed by atoms with Crippen molar-refractivity contribution in [2.45, 2.75) is 12.8 Å². The molecule has 1 amide bonds. The highest BCUT2D eigenvalue weighted by Crippen LogP contribution is 2.32. The zero-order valence-corrected chi connectivity index (χ0v) is 12.2. The average molecular weight is 313 g/mol. The van der Waals surface area contributed by atoms with E-state index >= 15 is 0 Å². The zero-order valence-electron chi connectivity index (χ0n) is 9.09. The highest BCUT2D eigenvalue weighted by atomic mass is 35.5. The average Bonchev–Trinajstić information content (AvgIpc) is 2.67. The number of amides is 1. The van der Waals surface area contributed by atoms with E-state index in [0.29, 0.717) is 32.6 Å². The first-order valence-electron chi connectivity index (χ1n) is 5.42. The van der Waals surface area contributed by atoms with Crippen molar-refractivity contribution < 1.29 is 4.79 Å². The molecule has 1 fully saturated rings. The van der Waals surface area contributed by atoms with Gasteiger partial charge in [-0.2, -0.15) is 0 Å². The first-order chi connectivity index (χ1) is 8.11. The van der Waals surface area contributed by atoms with E-state index < -0.39 is 0 Å². The van der Waals surface area contributed by atoms with Gasteiger partial charge in [0, 0.05) is 19.0 Å². The smallest absolute Gasteiger partial charge is 0.256 e. The molecule has 2 nitrogen and oxygen atoms in total. The molecule has 6 heteroatoms. The van der Waals surface area contributed by atoms with Crippen LogP contribution in [0.4, 0.5) is 0 Å². The Morgan fingerprint density at radius 3 is 2.88 bits per heavy atom. The summed E-state index contributed by atoms with van der Waals surface area (Å²) in [5.41, 5.74) is 0.511. The Morgan fingerprint density at radius 2 is 2.29 bits per heavy atom. The molecule has 1 unspecified atom stereocenters. The quantitative estimate of drug-likeness (QED) is 0.751. The zero-order chi connectivity index (χ0) is 12.4. The van der Waals surface area contributed by atoms with Gasteiger partial charge in [0.05, 0.1) is 9.90 Å². The standard InChI is InChI=1S/C11H12Cl3NOS/c12-5-7-2-1-3-15(6-7)11(16)8-4-9(13)17-10(8)14/h4,7H,1-3,5-6H2. The van der Waals surface area contributed by atoms with Crippen LogP contribution in [0.3, 0.4) is 0 Å². The molecule has 0 radical (unpaired) electrons. The first kappa shape index (κ1) is 13.5. The second kappa shape index (κ2) is 5.79. The van der Waals surface area contributed by atoms with Gasteiger partial charge in [-0.1, -0.05) is 23.2 Å². The van der Waals surface area contributed by atoms with Crippen LogP contribution in [0.2, 0.25) is 8.67 Å². The van der Waals surface area contributed by atoms with Gasteiger partial charge in [0.2, 0.25) is 0 Å². The summed E-state index contributed by atoms with van der Waals surface area (Å²) in [6.45, 7) is 1.49. The maximum atomic E-state index is 12.2. The highest BCUT2D eigenvalue weighted by molar-refractivity contribution is 7.20. The summed E-state index contributed by atoms with van der Waals surface area (Å²) >= 11 is 18.9. The molecule has 0 aromatic carbocycles. The Labute approximate surface area is 119 Å². The number of nitrogens with zero attached hydrogens (tertiary/aromatic N) is 1. The lowest BCUT2D eigenvalue weighted by molar-refractivity contribution is 0.0685. The molecule has 0 spiro atoms. The fourth-order valence-electron chi connectivity index (χ4n) is 2.03. The van der Waals surface area contributed by atoms with Crippen molar-refractivity contribution in [3.05, 3.63) is 20.3 Å². The Hall–Kier alpha value is 0.0400. The summed E-state index contributed by atoms with van der Waals surface area (Å²) in [6, 6.07) is 1.64.